The standard InChI is InChI=1S/C34H43N5O12/c1-7-12-51-34(45)37-30(19(2)3)32(43)35-20(4)31(42)36-22-11-10-21-14-23(18-40)38(25(21)15-22)33(44)24-16-27(48-5)28(17-26(24)39(46)47)50-13-8-9-29(41)49-6/h7,10-11,15-17,19-20,23,30,40H,1,8-9,12-14,18H2,2-6H3,(H,35,43)(H,36,42)(H,37,45)/t20?,23-,30?/m0/s1. The second kappa shape index (κ2) is 18.3. The van der Waals surface area contributed by atoms with Crippen molar-refractivity contribution in [2.45, 2.75) is 58.2 Å². The Morgan fingerprint density at radius 2 is 1.80 bits per heavy atom. The van der Waals surface area contributed by atoms with E-state index in [0.717, 1.165) is 6.07 Å². The Morgan fingerprint density at radius 3 is 2.41 bits per heavy atom. The normalized spacial score (nSPS) is 14.4. The zero-order valence-electron chi connectivity index (χ0n) is 29.1. The lowest BCUT2D eigenvalue weighted by atomic mass is 10.0. The molecule has 2 aromatic carbocycles. The molecule has 1 heterocycles. The number of benzene rings is 2. The van der Waals surface area contributed by atoms with Crippen LogP contribution in [0.4, 0.5) is 21.9 Å². The van der Waals surface area contributed by atoms with Gasteiger partial charge in [-0.3, -0.25) is 29.3 Å². The summed E-state index contributed by atoms with van der Waals surface area (Å²) in [5, 5.41) is 30.1. The van der Waals surface area contributed by atoms with Crippen molar-refractivity contribution in [1.29, 1.82) is 0 Å². The van der Waals surface area contributed by atoms with E-state index < -0.39 is 65.1 Å². The Hall–Kier alpha value is -5.71. The molecule has 51 heavy (non-hydrogen) atoms. The van der Waals surface area contributed by atoms with Gasteiger partial charge in [-0.2, -0.15) is 0 Å². The third kappa shape index (κ3) is 10.2. The Bertz CT molecular complexity index is 1650. The maximum Gasteiger partial charge on any atom is 0.408 e. The van der Waals surface area contributed by atoms with Gasteiger partial charge in [0.05, 0.1) is 44.5 Å². The summed E-state index contributed by atoms with van der Waals surface area (Å²) < 4.78 is 20.5. The summed E-state index contributed by atoms with van der Waals surface area (Å²) in [7, 11) is 2.55. The van der Waals surface area contributed by atoms with Gasteiger partial charge in [-0.15, -0.1) is 0 Å². The first-order valence-corrected chi connectivity index (χ1v) is 16.0. The van der Waals surface area contributed by atoms with Crippen LogP contribution in [0.5, 0.6) is 11.5 Å². The number of rotatable bonds is 17. The topological polar surface area (TPSA) is 225 Å². The number of anilines is 2. The van der Waals surface area contributed by atoms with Crippen molar-refractivity contribution in [2.24, 2.45) is 5.92 Å². The molecular formula is C34H43N5O12. The monoisotopic (exact) mass is 713 g/mol. The van der Waals surface area contributed by atoms with E-state index in [0.29, 0.717) is 11.3 Å². The van der Waals surface area contributed by atoms with E-state index in [4.69, 9.17) is 14.2 Å². The molecule has 1 aliphatic heterocycles. The third-order valence-corrected chi connectivity index (χ3v) is 7.89. The van der Waals surface area contributed by atoms with Gasteiger partial charge in [-0.1, -0.05) is 32.6 Å². The molecule has 0 spiro atoms. The Morgan fingerprint density at radius 1 is 1.08 bits per heavy atom. The number of esters is 1. The third-order valence-electron chi connectivity index (χ3n) is 7.89. The molecule has 17 nitrogen and oxygen atoms in total. The van der Waals surface area contributed by atoms with Crippen LogP contribution in [0.15, 0.2) is 43.0 Å². The molecule has 276 valence electrons. The molecule has 0 radical (unpaired) electrons. The fourth-order valence-corrected chi connectivity index (χ4v) is 5.23. The maximum absolute atomic E-state index is 14.1. The van der Waals surface area contributed by atoms with E-state index in [-0.39, 0.29) is 61.1 Å². The zero-order chi connectivity index (χ0) is 37.8. The van der Waals surface area contributed by atoms with Crippen LogP contribution >= 0.6 is 0 Å². The summed E-state index contributed by atoms with van der Waals surface area (Å²) in [5.74, 6) is -2.81. The number of nitrogens with one attached hydrogen (secondary N) is 3. The predicted molar refractivity (Wildman–Crippen MR) is 184 cm³/mol. The Balaban J connectivity index is 1.83. The maximum atomic E-state index is 14.1. The lowest BCUT2D eigenvalue weighted by Gasteiger charge is -2.25. The SMILES string of the molecule is C=CCOC(=O)NC(C(=O)NC(C)C(=O)Nc1ccc2c(c1)N(C(=O)c1cc(OC)c(OCCCC(=O)OC)cc1[N+](=O)[O-])[C@H](CO)C2)C(C)C. The number of hydrogen-bond donors (Lipinski definition) is 4. The average molecular weight is 714 g/mol. The highest BCUT2D eigenvalue weighted by Crippen LogP contribution is 2.40. The molecule has 2 unspecified atom stereocenters. The van der Waals surface area contributed by atoms with Crippen LogP contribution in [0, 0.1) is 16.0 Å². The zero-order valence-corrected chi connectivity index (χ0v) is 29.1. The minimum Gasteiger partial charge on any atom is -0.493 e. The van der Waals surface area contributed by atoms with E-state index in [1.54, 1.807) is 26.0 Å². The summed E-state index contributed by atoms with van der Waals surface area (Å²) in [6.45, 7) is 7.83. The molecule has 17 heteroatoms. The average Bonchev–Trinajstić information content (AvgIpc) is 3.48. The van der Waals surface area contributed by atoms with Crippen LogP contribution in [0.2, 0.25) is 0 Å². The molecule has 4 amide bonds. The number of aliphatic hydroxyl groups is 1. The molecule has 0 aromatic heterocycles. The Labute approximate surface area is 294 Å². The molecule has 0 fully saturated rings. The van der Waals surface area contributed by atoms with E-state index in [1.165, 1.54) is 44.3 Å². The van der Waals surface area contributed by atoms with Gasteiger partial charge in [-0.25, -0.2) is 4.79 Å². The van der Waals surface area contributed by atoms with E-state index >= 15 is 0 Å². The smallest absolute Gasteiger partial charge is 0.408 e. The largest absolute Gasteiger partial charge is 0.493 e. The van der Waals surface area contributed by atoms with Crippen molar-refractivity contribution >= 4 is 46.8 Å². The summed E-state index contributed by atoms with van der Waals surface area (Å²) in [4.78, 5) is 76.2. The predicted octanol–water partition coefficient (Wildman–Crippen LogP) is 2.88. The highest BCUT2D eigenvalue weighted by molar-refractivity contribution is 6.11. The van der Waals surface area contributed by atoms with Crippen molar-refractivity contribution in [3.05, 3.63) is 64.2 Å². The van der Waals surface area contributed by atoms with Crippen LogP contribution in [-0.2, 0) is 30.3 Å². The summed E-state index contributed by atoms with van der Waals surface area (Å²) >= 11 is 0. The van der Waals surface area contributed by atoms with Crippen molar-refractivity contribution < 1.29 is 52.9 Å². The summed E-state index contributed by atoms with van der Waals surface area (Å²) in [6, 6.07) is 4.12. The molecule has 3 atom stereocenters. The number of ether oxygens (including phenoxy) is 4. The summed E-state index contributed by atoms with van der Waals surface area (Å²) in [6.07, 6.45) is 1.11. The van der Waals surface area contributed by atoms with Crippen LogP contribution in [0.25, 0.3) is 0 Å². The van der Waals surface area contributed by atoms with Gasteiger partial charge in [0.15, 0.2) is 11.5 Å². The highest BCUT2D eigenvalue weighted by Gasteiger charge is 2.38. The fourth-order valence-electron chi connectivity index (χ4n) is 5.23. The molecule has 2 aromatic rings. The number of carbonyl (C=O) groups excluding carboxylic acids is 5. The first-order chi connectivity index (χ1) is 24.3. The van der Waals surface area contributed by atoms with E-state index in [1.807, 2.05) is 0 Å². The molecule has 0 saturated carbocycles. The van der Waals surface area contributed by atoms with Crippen molar-refractivity contribution in [3.8, 4) is 11.5 Å². The number of nitrogens with zero attached hydrogens (tertiary/aromatic N) is 2. The Kier molecular flexibility index (Phi) is 14.3. The molecule has 4 N–H and O–H groups in total. The number of nitro groups is 1. The quantitative estimate of drug-likeness (QED) is 0.0611. The first kappa shape index (κ1) is 39.7. The van der Waals surface area contributed by atoms with Gasteiger partial charge in [0.2, 0.25) is 11.8 Å². The summed E-state index contributed by atoms with van der Waals surface area (Å²) in [5.41, 5.74) is 0.261. The van der Waals surface area contributed by atoms with E-state index in [2.05, 4.69) is 27.3 Å². The molecule has 0 aliphatic carbocycles. The molecule has 0 saturated heterocycles. The van der Waals surface area contributed by atoms with Crippen LogP contribution in [-0.4, -0.2) is 92.0 Å². The van der Waals surface area contributed by atoms with Gasteiger partial charge in [0.25, 0.3) is 11.6 Å². The number of aliphatic hydroxyl groups excluding tert-OH is 1. The number of fused-ring (bicyclic) bond motifs is 1. The van der Waals surface area contributed by atoms with Gasteiger partial charge < -0.3 is 44.9 Å². The minimum absolute atomic E-state index is 0.0126. The second-order valence-corrected chi connectivity index (χ2v) is 11.8. The number of amides is 4. The second-order valence-electron chi connectivity index (χ2n) is 11.8. The molecule has 0 bridgehead atoms. The number of hydrogen-bond acceptors (Lipinski definition) is 12. The molecular weight excluding hydrogens is 670 g/mol. The van der Waals surface area contributed by atoms with Crippen LogP contribution < -0.4 is 30.3 Å². The lowest BCUT2D eigenvalue weighted by molar-refractivity contribution is -0.385. The van der Waals surface area contributed by atoms with Crippen molar-refractivity contribution in [2.75, 3.05) is 44.3 Å². The fraction of sp³-hybridized carbons (Fsp3) is 0.441. The van der Waals surface area contributed by atoms with Gasteiger partial charge in [-0.05, 0) is 43.4 Å². The number of methoxy groups -OCH3 is 2. The lowest BCUT2D eigenvalue weighted by Crippen LogP contribution is -2.53. The number of nitro benzene ring substituents is 1. The van der Waals surface area contributed by atoms with Gasteiger partial charge in [0, 0.05) is 23.9 Å². The van der Waals surface area contributed by atoms with Crippen LogP contribution in [0.1, 0.15) is 49.5 Å². The minimum atomic E-state index is -1.06. The van der Waals surface area contributed by atoms with Crippen molar-refractivity contribution in [1.82, 2.24) is 10.6 Å². The van der Waals surface area contributed by atoms with Crippen LogP contribution in [0.3, 0.4) is 0 Å². The van der Waals surface area contributed by atoms with E-state index in [9.17, 15) is 39.2 Å². The molecule has 1 aliphatic rings. The van der Waals surface area contributed by atoms with Gasteiger partial charge >= 0.3 is 12.1 Å². The van der Waals surface area contributed by atoms with Crippen molar-refractivity contribution in [3.63, 3.8) is 0 Å². The molecule has 3 rings (SSSR count). The number of carbonyl (C=O) groups is 5. The highest BCUT2D eigenvalue weighted by atomic mass is 16.6. The first-order valence-electron chi connectivity index (χ1n) is 16.0. The number of alkyl carbamates (subject to hydrolysis) is 1. The van der Waals surface area contributed by atoms with Gasteiger partial charge in [0.1, 0.15) is 24.3 Å².